The number of benzene rings is 3. The Bertz CT molecular complexity index is 1520. The van der Waals surface area contributed by atoms with Gasteiger partial charge in [0.05, 0.1) is 0 Å². The summed E-state index contributed by atoms with van der Waals surface area (Å²) in [5, 5.41) is 0. The van der Waals surface area contributed by atoms with Crippen LogP contribution in [0.25, 0.3) is 0 Å². The van der Waals surface area contributed by atoms with Crippen LogP contribution in [0.15, 0.2) is 89.3 Å². The van der Waals surface area contributed by atoms with Crippen LogP contribution >= 0.6 is 0 Å². The number of halogens is 1. The summed E-state index contributed by atoms with van der Waals surface area (Å²) in [5.41, 5.74) is 4.70. The standard InChI is InChI=1S/C41H53FN4O/c1-29-24-30(2)28-46(27-29)41-37(25-31-12-8-6-9-13-31)43-40(47-41)38(45(5)36-14-10-7-11-15-36)26-32-16-18-33(19-17-32)39(44(3)4)34-20-22-35(42)23-21-34/h6-15,20-23,29-30,32-33,38-39H,16-19,24-28H2,1-5H3. The molecule has 6 heteroatoms. The van der Waals surface area contributed by atoms with E-state index in [4.69, 9.17) is 9.40 Å². The molecule has 1 aromatic heterocycles. The van der Waals surface area contributed by atoms with E-state index in [1.165, 1.54) is 36.1 Å². The Morgan fingerprint density at radius 1 is 0.830 bits per heavy atom. The molecule has 0 radical (unpaired) electrons. The third-order valence-corrected chi connectivity index (χ3v) is 10.6. The van der Waals surface area contributed by atoms with Gasteiger partial charge >= 0.3 is 0 Å². The zero-order valence-corrected chi connectivity index (χ0v) is 29.0. The van der Waals surface area contributed by atoms with E-state index in [1.807, 2.05) is 12.1 Å². The van der Waals surface area contributed by atoms with Gasteiger partial charge in [-0.15, -0.1) is 0 Å². The van der Waals surface area contributed by atoms with Crippen LogP contribution < -0.4 is 9.80 Å². The highest BCUT2D eigenvalue weighted by molar-refractivity contribution is 5.49. The van der Waals surface area contributed by atoms with Gasteiger partial charge in [0.25, 0.3) is 0 Å². The summed E-state index contributed by atoms with van der Waals surface area (Å²) in [5.74, 6) is 3.99. The van der Waals surface area contributed by atoms with E-state index in [1.54, 1.807) is 12.1 Å². The quantitative estimate of drug-likeness (QED) is 0.164. The number of hydrogen-bond acceptors (Lipinski definition) is 5. The van der Waals surface area contributed by atoms with E-state index in [9.17, 15) is 4.39 Å². The molecule has 2 fully saturated rings. The molecule has 1 saturated carbocycles. The Hall–Kier alpha value is -3.64. The smallest absolute Gasteiger partial charge is 0.220 e. The Kier molecular flexibility index (Phi) is 10.7. The Morgan fingerprint density at radius 2 is 1.45 bits per heavy atom. The molecule has 1 aliphatic heterocycles. The maximum atomic E-state index is 13.7. The van der Waals surface area contributed by atoms with Crippen molar-refractivity contribution in [1.29, 1.82) is 0 Å². The third kappa shape index (κ3) is 8.09. The molecule has 250 valence electrons. The molecule has 0 amide bonds. The molecule has 4 unspecified atom stereocenters. The second-order valence-electron chi connectivity index (χ2n) is 14.8. The molecule has 5 nitrogen and oxygen atoms in total. The fourth-order valence-electron chi connectivity index (χ4n) is 8.46. The monoisotopic (exact) mass is 636 g/mol. The highest BCUT2D eigenvalue weighted by Gasteiger charge is 2.35. The van der Waals surface area contributed by atoms with E-state index in [0.29, 0.717) is 29.7 Å². The molecule has 4 aromatic rings. The summed E-state index contributed by atoms with van der Waals surface area (Å²) in [6, 6.07) is 28.8. The lowest BCUT2D eigenvalue weighted by atomic mass is 9.74. The molecule has 0 bridgehead atoms. The lowest BCUT2D eigenvalue weighted by molar-refractivity contribution is 0.142. The molecule has 0 spiro atoms. The van der Waals surface area contributed by atoms with Crippen molar-refractivity contribution in [3.05, 3.63) is 113 Å². The van der Waals surface area contributed by atoms with Gasteiger partial charge in [-0.3, -0.25) is 0 Å². The van der Waals surface area contributed by atoms with Crippen molar-refractivity contribution in [3.63, 3.8) is 0 Å². The van der Waals surface area contributed by atoms with Gasteiger partial charge < -0.3 is 19.1 Å². The Morgan fingerprint density at radius 3 is 2.06 bits per heavy atom. The van der Waals surface area contributed by atoms with Gasteiger partial charge in [0.2, 0.25) is 11.8 Å². The first-order valence-corrected chi connectivity index (χ1v) is 17.7. The number of nitrogens with zero attached hydrogens (tertiary/aromatic N) is 4. The van der Waals surface area contributed by atoms with Crippen LogP contribution in [-0.2, 0) is 6.42 Å². The van der Waals surface area contributed by atoms with Crippen molar-refractivity contribution < 1.29 is 8.81 Å². The summed E-state index contributed by atoms with van der Waals surface area (Å²) >= 11 is 0. The van der Waals surface area contributed by atoms with Crippen molar-refractivity contribution in [2.24, 2.45) is 23.7 Å². The van der Waals surface area contributed by atoms with Crippen molar-refractivity contribution in [1.82, 2.24) is 9.88 Å². The van der Waals surface area contributed by atoms with Crippen LogP contribution in [0.5, 0.6) is 0 Å². The maximum absolute atomic E-state index is 13.7. The predicted molar refractivity (Wildman–Crippen MR) is 191 cm³/mol. The number of rotatable bonds is 11. The van der Waals surface area contributed by atoms with Crippen molar-refractivity contribution in [3.8, 4) is 0 Å². The summed E-state index contributed by atoms with van der Waals surface area (Å²) in [7, 11) is 6.51. The van der Waals surface area contributed by atoms with Crippen LogP contribution in [0.4, 0.5) is 16.0 Å². The zero-order chi connectivity index (χ0) is 32.9. The number of oxazole rings is 1. The van der Waals surface area contributed by atoms with Crippen LogP contribution in [-0.4, -0.2) is 44.1 Å². The molecule has 0 N–H and O–H groups in total. The first kappa shape index (κ1) is 33.3. The molecule has 2 aliphatic rings. The van der Waals surface area contributed by atoms with Crippen molar-refractivity contribution >= 4 is 11.6 Å². The Balaban J connectivity index is 1.27. The van der Waals surface area contributed by atoms with E-state index in [-0.39, 0.29) is 11.9 Å². The molecule has 2 heterocycles. The lowest BCUT2D eigenvalue weighted by Gasteiger charge is -2.39. The van der Waals surface area contributed by atoms with E-state index in [0.717, 1.165) is 56.2 Å². The van der Waals surface area contributed by atoms with Crippen LogP contribution in [0.2, 0.25) is 0 Å². The van der Waals surface area contributed by atoms with E-state index < -0.39 is 0 Å². The van der Waals surface area contributed by atoms with Gasteiger partial charge in [0.1, 0.15) is 17.6 Å². The highest BCUT2D eigenvalue weighted by atomic mass is 19.1. The summed E-state index contributed by atoms with van der Waals surface area (Å²) in [6.45, 7) is 6.72. The fraction of sp³-hybridized carbons (Fsp3) is 0.488. The molecule has 47 heavy (non-hydrogen) atoms. The topological polar surface area (TPSA) is 35.8 Å². The SMILES string of the molecule is CC1CC(C)CN(c2oc(C(CC3CCC(C(c4ccc(F)cc4)N(C)C)CC3)N(C)c3ccccc3)nc2Cc2ccccc2)C1. The molecule has 4 atom stereocenters. The van der Waals surface area contributed by atoms with Crippen molar-refractivity contribution in [2.75, 3.05) is 44.0 Å². The minimum Gasteiger partial charge on any atom is -0.423 e. The molecule has 6 rings (SSSR count). The number of para-hydroxylation sites is 1. The molecular formula is C41H53FN4O. The van der Waals surface area contributed by atoms with Gasteiger partial charge in [0.15, 0.2) is 0 Å². The maximum Gasteiger partial charge on any atom is 0.220 e. The Labute approximate surface area is 281 Å². The normalized spacial score (nSPS) is 23.1. The fourth-order valence-corrected chi connectivity index (χ4v) is 8.46. The first-order chi connectivity index (χ1) is 22.7. The second kappa shape index (κ2) is 15.1. The van der Waals surface area contributed by atoms with Gasteiger partial charge in [-0.05, 0) is 98.8 Å². The van der Waals surface area contributed by atoms with Crippen LogP contribution in [0, 0.1) is 29.5 Å². The summed E-state index contributed by atoms with van der Waals surface area (Å²) < 4.78 is 20.7. The average molecular weight is 637 g/mol. The first-order valence-electron chi connectivity index (χ1n) is 17.7. The molecule has 3 aromatic carbocycles. The summed E-state index contributed by atoms with van der Waals surface area (Å²) in [6.07, 6.45) is 7.67. The van der Waals surface area contributed by atoms with Gasteiger partial charge in [-0.2, -0.15) is 0 Å². The second-order valence-corrected chi connectivity index (χ2v) is 14.8. The molecule has 1 saturated heterocycles. The minimum absolute atomic E-state index is 0.0311. The number of anilines is 2. The van der Waals surface area contributed by atoms with Crippen LogP contribution in [0.1, 0.15) is 87.2 Å². The number of aromatic nitrogens is 1. The number of piperidine rings is 1. The molecular weight excluding hydrogens is 583 g/mol. The van der Waals surface area contributed by atoms with Gasteiger partial charge in [0, 0.05) is 38.3 Å². The van der Waals surface area contributed by atoms with E-state index in [2.05, 4.69) is 110 Å². The van der Waals surface area contributed by atoms with Crippen LogP contribution in [0.3, 0.4) is 0 Å². The average Bonchev–Trinajstić information content (AvgIpc) is 3.48. The highest BCUT2D eigenvalue weighted by Crippen LogP contribution is 2.44. The largest absolute Gasteiger partial charge is 0.423 e. The van der Waals surface area contributed by atoms with Crippen molar-refractivity contribution in [2.45, 2.75) is 70.9 Å². The third-order valence-electron chi connectivity index (χ3n) is 10.6. The summed E-state index contributed by atoms with van der Waals surface area (Å²) in [4.78, 5) is 12.5. The van der Waals surface area contributed by atoms with Gasteiger partial charge in [-0.25, -0.2) is 9.37 Å². The van der Waals surface area contributed by atoms with Gasteiger partial charge in [-0.1, -0.05) is 87.4 Å². The number of hydrogen-bond donors (Lipinski definition) is 0. The zero-order valence-electron chi connectivity index (χ0n) is 29.0. The lowest BCUT2D eigenvalue weighted by Crippen LogP contribution is -2.39. The predicted octanol–water partition coefficient (Wildman–Crippen LogP) is 9.56. The molecule has 1 aliphatic carbocycles. The van der Waals surface area contributed by atoms with E-state index >= 15 is 0 Å². The minimum atomic E-state index is -0.172.